The predicted molar refractivity (Wildman–Crippen MR) is 89.0 cm³/mol. The second kappa shape index (κ2) is 6.26. The summed E-state index contributed by atoms with van der Waals surface area (Å²) < 4.78 is 13.7. The van der Waals surface area contributed by atoms with Gasteiger partial charge in [-0.25, -0.2) is 4.39 Å². The number of hydrogen-bond donors (Lipinski definition) is 1. The van der Waals surface area contributed by atoms with Gasteiger partial charge in [-0.05, 0) is 67.3 Å². The fraction of sp³-hybridized carbons (Fsp3) is 0.444. The van der Waals surface area contributed by atoms with Crippen molar-refractivity contribution >= 4 is 10.9 Å². The summed E-state index contributed by atoms with van der Waals surface area (Å²) >= 11 is 0. The highest BCUT2D eigenvalue weighted by atomic mass is 19.1. The van der Waals surface area contributed by atoms with Gasteiger partial charge in [-0.15, -0.1) is 10.2 Å². The Hall–Kier alpha value is -2.37. The maximum absolute atomic E-state index is 13.7. The lowest BCUT2D eigenvalue weighted by Gasteiger charge is -2.31. The van der Waals surface area contributed by atoms with E-state index in [1.165, 1.54) is 11.6 Å². The number of aromatic amines is 1. The first-order chi connectivity index (χ1) is 11.7. The molecule has 1 fully saturated rings. The molecule has 1 saturated carbocycles. The minimum Gasteiger partial charge on any atom is -0.256 e. The molecule has 2 heterocycles. The second-order valence-corrected chi connectivity index (χ2v) is 6.73. The summed E-state index contributed by atoms with van der Waals surface area (Å²) in [7, 11) is 0. The highest BCUT2D eigenvalue weighted by Gasteiger charge is 2.29. The van der Waals surface area contributed by atoms with E-state index >= 15 is 0 Å². The number of rotatable bonds is 3. The van der Waals surface area contributed by atoms with E-state index in [2.05, 4.69) is 38.6 Å². The molecule has 0 radical (unpaired) electrons. The lowest BCUT2D eigenvalue weighted by atomic mass is 9.73. The third-order valence-corrected chi connectivity index (χ3v) is 5.43. The number of hydrogen-bond acceptors (Lipinski definition) is 4. The molecule has 6 heteroatoms. The Labute approximate surface area is 139 Å². The van der Waals surface area contributed by atoms with E-state index in [0.29, 0.717) is 17.8 Å². The highest BCUT2D eigenvalue weighted by Crippen LogP contribution is 2.42. The number of H-pyrrole nitrogens is 1. The topological polar surface area (TPSA) is 67.3 Å². The van der Waals surface area contributed by atoms with E-state index in [4.69, 9.17) is 0 Å². The van der Waals surface area contributed by atoms with Crippen LogP contribution in [0.5, 0.6) is 0 Å². The molecule has 24 heavy (non-hydrogen) atoms. The molecule has 0 amide bonds. The monoisotopic (exact) mass is 325 g/mol. The Kier molecular flexibility index (Phi) is 3.96. The van der Waals surface area contributed by atoms with Gasteiger partial charge in [0.1, 0.15) is 5.82 Å². The van der Waals surface area contributed by atoms with Gasteiger partial charge in [0.15, 0.2) is 5.82 Å². The van der Waals surface area contributed by atoms with Crippen molar-refractivity contribution in [1.82, 2.24) is 25.6 Å². The first-order valence-corrected chi connectivity index (χ1v) is 8.50. The van der Waals surface area contributed by atoms with Gasteiger partial charge in [0.05, 0.1) is 5.52 Å². The van der Waals surface area contributed by atoms with Crippen molar-refractivity contribution in [3.05, 3.63) is 47.7 Å². The Balaban J connectivity index is 1.53. The molecule has 1 unspecified atom stereocenters. The molecular formula is C18H20FN5. The van der Waals surface area contributed by atoms with E-state index in [9.17, 15) is 4.39 Å². The molecule has 124 valence electrons. The highest BCUT2D eigenvalue weighted by molar-refractivity contribution is 5.82. The number of halogens is 1. The molecule has 0 spiro atoms. The van der Waals surface area contributed by atoms with Crippen molar-refractivity contribution in [3.63, 3.8) is 0 Å². The number of nitrogens with zero attached hydrogens (tertiary/aromatic N) is 4. The van der Waals surface area contributed by atoms with Gasteiger partial charge in [0.2, 0.25) is 0 Å². The van der Waals surface area contributed by atoms with Crippen molar-refractivity contribution in [2.45, 2.75) is 44.4 Å². The number of pyridine rings is 1. The Morgan fingerprint density at radius 1 is 1.17 bits per heavy atom. The van der Waals surface area contributed by atoms with E-state index in [-0.39, 0.29) is 5.82 Å². The number of fused-ring (bicyclic) bond motifs is 1. The van der Waals surface area contributed by atoms with Crippen molar-refractivity contribution in [2.75, 3.05) is 0 Å². The molecule has 1 aliphatic carbocycles. The maximum atomic E-state index is 13.7. The van der Waals surface area contributed by atoms with Crippen LogP contribution in [0.2, 0.25) is 0 Å². The summed E-state index contributed by atoms with van der Waals surface area (Å²) in [5.74, 6) is 1.96. The van der Waals surface area contributed by atoms with Gasteiger partial charge in [-0.3, -0.25) is 4.98 Å². The summed E-state index contributed by atoms with van der Waals surface area (Å²) in [6.45, 7) is 2.17. The van der Waals surface area contributed by atoms with Crippen molar-refractivity contribution in [2.24, 2.45) is 5.92 Å². The van der Waals surface area contributed by atoms with E-state index < -0.39 is 0 Å². The van der Waals surface area contributed by atoms with Crippen LogP contribution in [-0.2, 0) is 0 Å². The normalized spacial score (nSPS) is 22.6. The summed E-state index contributed by atoms with van der Waals surface area (Å²) in [6, 6.07) is 6.90. The SMILES string of the molecule is CC(c1nn[nH]n1)C1CCC(c2ccnc3ccc(F)cc23)CC1. The molecule has 5 nitrogen and oxygen atoms in total. The average Bonchev–Trinajstić information content (AvgIpc) is 3.15. The van der Waals surface area contributed by atoms with Crippen LogP contribution in [0.4, 0.5) is 4.39 Å². The van der Waals surface area contributed by atoms with E-state index in [1.54, 1.807) is 12.1 Å². The summed E-state index contributed by atoms with van der Waals surface area (Å²) in [6.07, 6.45) is 6.29. The van der Waals surface area contributed by atoms with Crippen molar-refractivity contribution < 1.29 is 4.39 Å². The van der Waals surface area contributed by atoms with Crippen LogP contribution >= 0.6 is 0 Å². The minimum absolute atomic E-state index is 0.198. The average molecular weight is 325 g/mol. The van der Waals surface area contributed by atoms with Crippen LogP contribution in [0.25, 0.3) is 10.9 Å². The largest absolute Gasteiger partial charge is 0.256 e. The second-order valence-electron chi connectivity index (χ2n) is 6.73. The lowest BCUT2D eigenvalue weighted by molar-refractivity contribution is 0.285. The minimum atomic E-state index is -0.198. The zero-order valence-electron chi connectivity index (χ0n) is 13.6. The number of benzene rings is 1. The molecule has 0 aliphatic heterocycles. The maximum Gasteiger partial charge on any atom is 0.177 e. The van der Waals surface area contributed by atoms with Crippen LogP contribution < -0.4 is 0 Å². The molecule has 2 aromatic heterocycles. The first-order valence-electron chi connectivity index (χ1n) is 8.50. The molecule has 1 aliphatic rings. The molecule has 4 rings (SSSR count). The summed E-state index contributed by atoms with van der Waals surface area (Å²) in [4.78, 5) is 4.36. The van der Waals surface area contributed by atoms with Crippen molar-refractivity contribution in [3.8, 4) is 0 Å². The molecule has 1 N–H and O–H groups in total. The smallest absolute Gasteiger partial charge is 0.177 e. The van der Waals surface area contributed by atoms with Crippen LogP contribution in [-0.4, -0.2) is 25.6 Å². The van der Waals surface area contributed by atoms with Crippen molar-refractivity contribution in [1.29, 1.82) is 0 Å². The lowest BCUT2D eigenvalue weighted by Crippen LogP contribution is -2.19. The fourth-order valence-corrected chi connectivity index (χ4v) is 4.00. The third kappa shape index (κ3) is 2.77. The molecule has 0 saturated heterocycles. The van der Waals surface area contributed by atoms with E-state index in [1.807, 2.05) is 6.20 Å². The molecular weight excluding hydrogens is 305 g/mol. The Morgan fingerprint density at radius 2 is 2.00 bits per heavy atom. The summed E-state index contributed by atoms with van der Waals surface area (Å²) in [5.41, 5.74) is 2.10. The van der Waals surface area contributed by atoms with Crippen LogP contribution in [0.3, 0.4) is 0 Å². The summed E-state index contributed by atoms with van der Waals surface area (Å²) in [5, 5.41) is 15.4. The van der Waals surface area contributed by atoms with Gasteiger partial charge in [-0.1, -0.05) is 12.1 Å². The zero-order valence-corrected chi connectivity index (χ0v) is 13.6. The van der Waals surface area contributed by atoms with Crippen LogP contribution in [0.15, 0.2) is 30.5 Å². The Morgan fingerprint density at radius 3 is 2.75 bits per heavy atom. The van der Waals surface area contributed by atoms with Gasteiger partial charge in [-0.2, -0.15) is 5.21 Å². The first kappa shape index (κ1) is 15.2. The zero-order chi connectivity index (χ0) is 16.5. The van der Waals surface area contributed by atoms with Crippen LogP contribution in [0, 0.1) is 11.7 Å². The molecule has 3 aromatic rings. The van der Waals surface area contributed by atoms with Gasteiger partial charge >= 0.3 is 0 Å². The predicted octanol–water partition coefficient (Wildman–Crippen LogP) is 3.96. The number of tetrazole rings is 1. The van der Waals surface area contributed by atoms with Gasteiger partial charge in [0, 0.05) is 17.5 Å². The Bertz CT molecular complexity index is 825. The quantitative estimate of drug-likeness (QED) is 0.791. The number of aromatic nitrogens is 5. The standard InChI is InChI=1S/C18H20FN5/c1-11(18-21-23-24-22-18)12-2-4-13(5-3-12)15-8-9-20-17-7-6-14(19)10-16(15)17/h6-13H,2-5H2,1H3,(H,21,22,23,24). The third-order valence-electron chi connectivity index (χ3n) is 5.43. The van der Waals surface area contributed by atoms with Crippen LogP contribution in [0.1, 0.15) is 55.8 Å². The van der Waals surface area contributed by atoms with E-state index in [0.717, 1.165) is 42.4 Å². The number of nitrogens with one attached hydrogen (secondary N) is 1. The molecule has 1 aromatic carbocycles. The van der Waals surface area contributed by atoms with Gasteiger partial charge in [0.25, 0.3) is 0 Å². The van der Waals surface area contributed by atoms with Gasteiger partial charge < -0.3 is 0 Å². The molecule has 1 atom stereocenters. The molecule has 0 bridgehead atoms. The fourth-order valence-electron chi connectivity index (χ4n) is 4.00.